The van der Waals surface area contributed by atoms with Crippen LogP contribution < -0.4 is 10.8 Å². The fourth-order valence-electron chi connectivity index (χ4n) is 1.81. The summed E-state index contributed by atoms with van der Waals surface area (Å²) in [5.74, 6) is -0.920. The summed E-state index contributed by atoms with van der Waals surface area (Å²) in [5.41, 5.74) is 1.43. The van der Waals surface area contributed by atoms with Crippen molar-refractivity contribution in [1.82, 2.24) is 10.8 Å². The summed E-state index contributed by atoms with van der Waals surface area (Å²) >= 11 is 0. The van der Waals surface area contributed by atoms with Crippen LogP contribution >= 0.6 is 0 Å². The average Bonchev–Trinajstić information content (AvgIpc) is 2.65. The number of terminal acetylenes is 1. The molecule has 1 saturated heterocycles. The smallest absolute Gasteiger partial charge is 0.317 e. The van der Waals surface area contributed by atoms with Gasteiger partial charge in [-0.05, 0) is 13.8 Å². The van der Waals surface area contributed by atoms with E-state index in [1.165, 1.54) is 0 Å². The Bertz CT molecular complexity index is 324. The number of hydroxylamine groups is 1. The molecule has 0 amide bonds. The number of carboxylic acids is 1. The number of carbonyl (C=O) groups is 1. The molecule has 18 heavy (non-hydrogen) atoms. The zero-order valence-electron chi connectivity index (χ0n) is 10.4. The van der Waals surface area contributed by atoms with Gasteiger partial charge in [-0.2, -0.15) is 6.42 Å². The van der Waals surface area contributed by atoms with E-state index in [1.807, 2.05) is 6.11 Å². The Labute approximate surface area is 132 Å². The Hall–Kier alpha value is -0.186. The van der Waals surface area contributed by atoms with Crippen molar-refractivity contribution in [1.29, 1.82) is 0 Å². The molecule has 3 atom stereocenters. The van der Waals surface area contributed by atoms with Crippen LogP contribution in [0.3, 0.4) is 0 Å². The third-order valence-electron chi connectivity index (χ3n) is 2.68. The van der Waals surface area contributed by atoms with E-state index >= 15 is 0 Å². The molecule has 1 unspecified atom stereocenters. The van der Waals surface area contributed by atoms with Crippen LogP contribution in [0.2, 0.25) is 0 Å². The first-order chi connectivity index (χ1) is 7.86. The van der Waals surface area contributed by atoms with Crippen molar-refractivity contribution in [2.24, 2.45) is 0 Å². The van der Waals surface area contributed by atoms with Gasteiger partial charge in [0.05, 0.1) is 17.7 Å². The van der Waals surface area contributed by atoms with E-state index in [0.717, 1.165) is 0 Å². The standard InChI is InChI=1S/C11H17N2O4.Y/c1-4-17-13-9(11(2,3)16)7-5-6-8(12-7)10(14)15;/h1,5,7-9,12-13,16H,6H2,2-3H3,(H,14,15);/q-1;/t7-,8-,9?;/m1./s1. The van der Waals surface area contributed by atoms with Gasteiger partial charge in [-0.25, -0.2) is 0 Å². The fourth-order valence-corrected chi connectivity index (χ4v) is 1.81. The molecule has 99 valence electrons. The molecule has 1 aliphatic rings. The number of rotatable bonds is 5. The molecule has 1 radical (unpaired) electrons. The monoisotopic (exact) mass is 330 g/mol. The van der Waals surface area contributed by atoms with Crippen molar-refractivity contribution < 1.29 is 52.6 Å². The third-order valence-corrected chi connectivity index (χ3v) is 2.68. The van der Waals surface area contributed by atoms with Crippen LogP contribution in [0.5, 0.6) is 0 Å². The molecule has 1 aliphatic heterocycles. The van der Waals surface area contributed by atoms with Crippen LogP contribution in [-0.2, 0) is 42.3 Å². The Morgan fingerprint density at radius 1 is 1.72 bits per heavy atom. The quantitative estimate of drug-likeness (QED) is 0.301. The summed E-state index contributed by atoms with van der Waals surface area (Å²) in [5, 5.41) is 21.7. The fraction of sp³-hybridized carbons (Fsp3) is 0.636. The molecule has 0 saturated carbocycles. The Kier molecular flexibility index (Phi) is 7.34. The first-order valence-electron chi connectivity index (χ1n) is 5.27. The second-order valence-electron chi connectivity index (χ2n) is 4.52. The predicted octanol–water partition coefficient (Wildman–Crippen LogP) is -0.745. The zero-order chi connectivity index (χ0) is 13.1. The first kappa shape index (κ1) is 17.8. The summed E-state index contributed by atoms with van der Waals surface area (Å²) in [6, 6.07) is -1.51. The van der Waals surface area contributed by atoms with Crippen LogP contribution in [0.25, 0.3) is 0 Å². The second-order valence-corrected chi connectivity index (χ2v) is 4.52. The second kappa shape index (κ2) is 7.41. The van der Waals surface area contributed by atoms with Gasteiger partial charge in [0.15, 0.2) is 0 Å². The molecule has 0 bridgehead atoms. The van der Waals surface area contributed by atoms with E-state index in [-0.39, 0.29) is 38.8 Å². The molecule has 0 spiro atoms. The van der Waals surface area contributed by atoms with Crippen LogP contribution in [-0.4, -0.2) is 39.9 Å². The van der Waals surface area contributed by atoms with Crippen molar-refractivity contribution in [2.45, 2.75) is 44.0 Å². The van der Waals surface area contributed by atoms with E-state index in [1.54, 1.807) is 20.3 Å². The maximum absolute atomic E-state index is 10.8. The van der Waals surface area contributed by atoms with Gasteiger partial charge in [-0.15, -0.1) is 5.48 Å². The summed E-state index contributed by atoms with van der Waals surface area (Å²) in [4.78, 5) is 15.4. The first-order valence-corrected chi connectivity index (χ1v) is 5.27. The van der Waals surface area contributed by atoms with Crippen molar-refractivity contribution in [3.8, 4) is 12.5 Å². The molecule has 6 nitrogen and oxygen atoms in total. The van der Waals surface area contributed by atoms with E-state index in [2.05, 4.69) is 15.6 Å². The van der Waals surface area contributed by atoms with E-state index in [9.17, 15) is 9.90 Å². The van der Waals surface area contributed by atoms with Gasteiger partial charge >= 0.3 is 5.97 Å². The third kappa shape index (κ3) is 4.83. The molecular formula is C11H17N2O4Y-. The van der Waals surface area contributed by atoms with Gasteiger partial charge < -0.3 is 26.8 Å². The van der Waals surface area contributed by atoms with Gasteiger partial charge in [0.25, 0.3) is 0 Å². The molecule has 0 aliphatic carbocycles. The minimum absolute atomic E-state index is 0. The zero-order valence-corrected chi connectivity index (χ0v) is 13.2. The molecule has 1 heterocycles. The van der Waals surface area contributed by atoms with Gasteiger partial charge in [0, 0.05) is 32.7 Å². The normalized spacial score (nSPS) is 24.8. The molecule has 1 fully saturated rings. The molecule has 7 heteroatoms. The SMILES string of the molecule is C#CONC([C@H]1[CH-]C[C@H](C(=O)O)N1)C(C)(C)O.[Y]. The number of hydrogen-bond acceptors (Lipinski definition) is 5. The maximum atomic E-state index is 10.8. The largest absolute Gasteiger partial charge is 0.480 e. The van der Waals surface area contributed by atoms with Gasteiger partial charge in [0.1, 0.15) is 6.11 Å². The molecule has 0 aromatic carbocycles. The van der Waals surface area contributed by atoms with Crippen LogP contribution in [0.1, 0.15) is 20.3 Å². The Morgan fingerprint density at radius 3 is 2.72 bits per heavy atom. The molecular weight excluding hydrogens is 313 g/mol. The van der Waals surface area contributed by atoms with Crippen LogP contribution in [0, 0.1) is 19.0 Å². The van der Waals surface area contributed by atoms with Crippen LogP contribution in [0.15, 0.2) is 0 Å². The molecule has 0 aromatic heterocycles. The summed E-state index contributed by atoms with van der Waals surface area (Å²) < 4.78 is 0. The predicted molar refractivity (Wildman–Crippen MR) is 60.4 cm³/mol. The molecule has 4 N–H and O–H groups in total. The Morgan fingerprint density at radius 2 is 2.33 bits per heavy atom. The van der Waals surface area contributed by atoms with Gasteiger partial charge in [0.2, 0.25) is 0 Å². The Balaban J connectivity index is 0.00000289. The number of aliphatic carboxylic acids is 1. The van der Waals surface area contributed by atoms with Crippen molar-refractivity contribution in [3.05, 3.63) is 6.42 Å². The number of aliphatic hydroxyl groups is 1. The summed E-state index contributed by atoms with van der Waals surface area (Å²) in [6.45, 7) is 3.18. The number of carboxylic acid groups (broad SMARTS) is 1. The van der Waals surface area contributed by atoms with E-state index in [4.69, 9.17) is 11.5 Å². The summed E-state index contributed by atoms with van der Waals surface area (Å²) in [6.07, 6.45) is 9.08. The molecule has 0 aromatic rings. The average molecular weight is 330 g/mol. The summed E-state index contributed by atoms with van der Waals surface area (Å²) in [7, 11) is 0. The van der Waals surface area contributed by atoms with Crippen molar-refractivity contribution in [2.75, 3.05) is 0 Å². The topological polar surface area (TPSA) is 90.8 Å². The molecule has 1 rings (SSSR count). The maximum Gasteiger partial charge on any atom is 0.317 e. The van der Waals surface area contributed by atoms with Crippen molar-refractivity contribution in [3.63, 3.8) is 0 Å². The van der Waals surface area contributed by atoms with Crippen LogP contribution in [0.4, 0.5) is 0 Å². The number of hydrogen-bond donors (Lipinski definition) is 4. The number of nitrogens with one attached hydrogen (secondary N) is 2. The minimum atomic E-state index is -1.11. The minimum Gasteiger partial charge on any atom is -0.480 e. The van der Waals surface area contributed by atoms with E-state index in [0.29, 0.717) is 6.42 Å². The van der Waals surface area contributed by atoms with E-state index < -0.39 is 23.7 Å². The van der Waals surface area contributed by atoms with Crippen molar-refractivity contribution >= 4 is 5.97 Å². The van der Waals surface area contributed by atoms with Gasteiger partial charge in [-0.3, -0.25) is 4.79 Å². The van der Waals surface area contributed by atoms with Gasteiger partial charge in [-0.1, -0.05) is 12.5 Å².